The number of aliphatic hydroxyl groups is 1. The van der Waals surface area contributed by atoms with Crippen molar-refractivity contribution in [3.05, 3.63) is 17.0 Å². The summed E-state index contributed by atoms with van der Waals surface area (Å²) in [6, 6.07) is 0. The van der Waals surface area contributed by atoms with Crippen LogP contribution in [-0.2, 0) is 13.1 Å². The second-order valence-corrected chi connectivity index (χ2v) is 4.38. The minimum atomic E-state index is 0.235. The van der Waals surface area contributed by atoms with Gasteiger partial charge < -0.3 is 10.4 Å². The molecule has 1 atom stereocenters. The van der Waals surface area contributed by atoms with Crippen molar-refractivity contribution in [2.75, 3.05) is 13.2 Å². The standard InChI is InChI=1S/C12H23N3O/c1-5-15-11(4)12(10(3)14-15)7-13-6-9(2)8-16/h9,13,16H,5-8H2,1-4H3. The predicted molar refractivity (Wildman–Crippen MR) is 65.3 cm³/mol. The van der Waals surface area contributed by atoms with E-state index >= 15 is 0 Å². The lowest BCUT2D eigenvalue weighted by Gasteiger charge is -2.09. The fourth-order valence-corrected chi connectivity index (χ4v) is 1.81. The van der Waals surface area contributed by atoms with E-state index in [4.69, 9.17) is 5.11 Å². The van der Waals surface area contributed by atoms with E-state index in [9.17, 15) is 0 Å². The molecule has 92 valence electrons. The van der Waals surface area contributed by atoms with Gasteiger partial charge in [0, 0.05) is 37.5 Å². The summed E-state index contributed by atoms with van der Waals surface area (Å²) in [5.41, 5.74) is 3.62. The summed E-state index contributed by atoms with van der Waals surface area (Å²) in [6.07, 6.45) is 0. The van der Waals surface area contributed by atoms with Gasteiger partial charge >= 0.3 is 0 Å². The summed E-state index contributed by atoms with van der Waals surface area (Å²) in [7, 11) is 0. The van der Waals surface area contributed by atoms with E-state index in [1.54, 1.807) is 0 Å². The molecule has 0 aliphatic heterocycles. The van der Waals surface area contributed by atoms with Crippen molar-refractivity contribution in [1.82, 2.24) is 15.1 Å². The third-order valence-corrected chi connectivity index (χ3v) is 2.94. The highest BCUT2D eigenvalue weighted by Crippen LogP contribution is 2.12. The molecule has 1 aromatic heterocycles. The van der Waals surface area contributed by atoms with Crippen molar-refractivity contribution in [1.29, 1.82) is 0 Å². The molecule has 0 saturated carbocycles. The molecule has 0 aliphatic carbocycles. The number of rotatable bonds is 6. The molecular formula is C12H23N3O. The maximum absolute atomic E-state index is 8.93. The average Bonchev–Trinajstić information content (AvgIpc) is 2.55. The molecule has 0 spiro atoms. The highest BCUT2D eigenvalue weighted by molar-refractivity contribution is 5.24. The van der Waals surface area contributed by atoms with Crippen LogP contribution in [0, 0.1) is 19.8 Å². The summed E-state index contributed by atoms with van der Waals surface area (Å²) in [6.45, 7) is 11.1. The van der Waals surface area contributed by atoms with Crippen molar-refractivity contribution in [3.63, 3.8) is 0 Å². The second-order valence-electron chi connectivity index (χ2n) is 4.38. The topological polar surface area (TPSA) is 50.1 Å². The van der Waals surface area contributed by atoms with Gasteiger partial charge in [0.25, 0.3) is 0 Å². The Bertz CT molecular complexity index is 333. The number of aryl methyl sites for hydroxylation is 2. The Morgan fingerprint density at radius 2 is 2.12 bits per heavy atom. The first-order chi connectivity index (χ1) is 7.60. The van der Waals surface area contributed by atoms with Crippen LogP contribution < -0.4 is 5.32 Å². The highest BCUT2D eigenvalue weighted by atomic mass is 16.3. The lowest BCUT2D eigenvalue weighted by Crippen LogP contribution is -2.23. The van der Waals surface area contributed by atoms with E-state index in [2.05, 4.69) is 24.3 Å². The van der Waals surface area contributed by atoms with Gasteiger partial charge in [-0.3, -0.25) is 4.68 Å². The first-order valence-corrected chi connectivity index (χ1v) is 5.94. The van der Waals surface area contributed by atoms with E-state index in [-0.39, 0.29) is 6.61 Å². The predicted octanol–water partition coefficient (Wildman–Crippen LogP) is 1.24. The Morgan fingerprint density at radius 1 is 1.44 bits per heavy atom. The fraction of sp³-hybridized carbons (Fsp3) is 0.750. The Morgan fingerprint density at radius 3 is 2.62 bits per heavy atom. The van der Waals surface area contributed by atoms with Crippen LogP contribution in [0.2, 0.25) is 0 Å². The van der Waals surface area contributed by atoms with Crippen molar-refractivity contribution in [3.8, 4) is 0 Å². The summed E-state index contributed by atoms with van der Waals surface area (Å²) in [5, 5.41) is 16.8. The Balaban J connectivity index is 2.56. The first-order valence-electron chi connectivity index (χ1n) is 5.94. The summed E-state index contributed by atoms with van der Waals surface area (Å²) < 4.78 is 2.03. The summed E-state index contributed by atoms with van der Waals surface area (Å²) in [4.78, 5) is 0. The Hall–Kier alpha value is -0.870. The quantitative estimate of drug-likeness (QED) is 0.766. The molecule has 16 heavy (non-hydrogen) atoms. The van der Waals surface area contributed by atoms with Crippen LogP contribution in [0.15, 0.2) is 0 Å². The molecule has 4 heteroatoms. The zero-order chi connectivity index (χ0) is 12.1. The van der Waals surface area contributed by atoms with E-state index in [0.29, 0.717) is 5.92 Å². The molecule has 0 saturated heterocycles. The molecule has 0 aliphatic rings. The third kappa shape index (κ3) is 3.06. The fourth-order valence-electron chi connectivity index (χ4n) is 1.81. The first kappa shape index (κ1) is 13.2. The molecule has 1 unspecified atom stereocenters. The number of nitrogens with zero attached hydrogens (tertiary/aromatic N) is 2. The van der Waals surface area contributed by atoms with Gasteiger partial charge in [-0.25, -0.2) is 0 Å². The SMILES string of the molecule is CCn1nc(C)c(CNCC(C)CO)c1C. The zero-order valence-electron chi connectivity index (χ0n) is 10.7. The second kappa shape index (κ2) is 6.01. The van der Waals surface area contributed by atoms with E-state index < -0.39 is 0 Å². The van der Waals surface area contributed by atoms with Crippen LogP contribution >= 0.6 is 0 Å². The molecule has 1 heterocycles. The van der Waals surface area contributed by atoms with Crippen molar-refractivity contribution >= 4 is 0 Å². The van der Waals surface area contributed by atoms with Gasteiger partial charge in [0.2, 0.25) is 0 Å². The minimum Gasteiger partial charge on any atom is -0.396 e. The number of aromatic nitrogens is 2. The van der Waals surface area contributed by atoms with Crippen molar-refractivity contribution in [2.24, 2.45) is 5.92 Å². The van der Waals surface area contributed by atoms with Crippen molar-refractivity contribution in [2.45, 2.75) is 40.8 Å². The molecule has 0 aromatic carbocycles. The lowest BCUT2D eigenvalue weighted by molar-refractivity contribution is 0.233. The number of nitrogens with one attached hydrogen (secondary N) is 1. The van der Waals surface area contributed by atoms with E-state index in [1.165, 1.54) is 11.3 Å². The monoisotopic (exact) mass is 225 g/mol. The average molecular weight is 225 g/mol. The van der Waals surface area contributed by atoms with Crippen LogP contribution in [0.5, 0.6) is 0 Å². The van der Waals surface area contributed by atoms with Crippen LogP contribution in [0.25, 0.3) is 0 Å². The molecule has 0 amide bonds. The van der Waals surface area contributed by atoms with Gasteiger partial charge in [-0.05, 0) is 26.7 Å². The van der Waals surface area contributed by atoms with Gasteiger partial charge in [-0.15, -0.1) is 0 Å². The van der Waals surface area contributed by atoms with Crippen LogP contribution in [0.4, 0.5) is 0 Å². The maximum atomic E-state index is 8.93. The van der Waals surface area contributed by atoms with E-state index in [1.807, 2.05) is 18.5 Å². The van der Waals surface area contributed by atoms with Gasteiger partial charge in [0.1, 0.15) is 0 Å². The smallest absolute Gasteiger partial charge is 0.0641 e. The number of aliphatic hydroxyl groups excluding tert-OH is 1. The normalized spacial score (nSPS) is 13.1. The lowest BCUT2D eigenvalue weighted by atomic mass is 10.1. The number of hydrogen-bond donors (Lipinski definition) is 2. The Labute approximate surface area is 97.7 Å². The van der Waals surface area contributed by atoms with Gasteiger partial charge in [-0.1, -0.05) is 6.92 Å². The van der Waals surface area contributed by atoms with Gasteiger partial charge in [0.15, 0.2) is 0 Å². The molecule has 1 rings (SSSR count). The van der Waals surface area contributed by atoms with Gasteiger partial charge in [0.05, 0.1) is 5.69 Å². The molecule has 0 radical (unpaired) electrons. The molecule has 0 bridgehead atoms. The zero-order valence-corrected chi connectivity index (χ0v) is 10.7. The molecule has 0 fully saturated rings. The van der Waals surface area contributed by atoms with Crippen LogP contribution in [0.1, 0.15) is 30.8 Å². The Kier molecular flexibility index (Phi) is 4.96. The third-order valence-electron chi connectivity index (χ3n) is 2.94. The van der Waals surface area contributed by atoms with Gasteiger partial charge in [-0.2, -0.15) is 5.10 Å². The van der Waals surface area contributed by atoms with E-state index in [0.717, 1.165) is 25.3 Å². The van der Waals surface area contributed by atoms with Crippen molar-refractivity contribution < 1.29 is 5.11 Å². The summed E-state index contributed by atoms with van der Waals surface area (Å²) in [5.74, 6) is 0.307. The molecule has 1 aromatic rings. The number of hydrogen-bond acceptors (Lipinski definition) is 3. The maximum Gasteiger partial charge on any atom is 0.0641 e. The molecular weight excluding hydrogens is 202 g/mol. The summed E-state index contributed by atoms with van der Waals surface area (Å²) >= 11 is 0. The minimum absolute atomic E-state index is 0.235. The van der Waals surface area contributed by atoms with Crippen LogP contribution in [-0.4, -0.2) is 28.0 Å². The largest absolute Gasteiger partial charge is 0.396 e. The molecule has 4 nitrogen and oxygen atoms in total. The molecule has 2 N–H and O–H groups in total. The highest BCUT2D eigenvalue weighted by Gasteiger charge is 2.10. The van der Waals surface area contributed by atoms with Crippen LogP contribution in [0.3, 0.4) is 0 Å².